The minimum Gasteiger partial charge on any atom is -0.371 e. The van der Waals surface area contributed by atoms with Gasteiger partial charge in [-0.05, 0) is 44.2 Å². The monoisotopic (exact) mass is 480 g/mol. The van der Waals surface area contributed by atoms with Crippen LogP contribution in [0, 0.1) is 0 Å². The Hall–Kier alpha value is -2.16. The van der Waals surface area contributed by atoms with Gasteiger partial charge in [-0.15, -0.1) is 0 Å². The second-order valence-corrected chi connectivity index (χ2v) is 8.54. The van der Waals surface area contributed by atoms with E-state index in [1.54, 1.807) is 50.2 Å². The zero-order valence-electron chi connectivity index (χ0n) is 17.9. The molecule has 1 aliphatic rings. The number of amides is 2. The van der Waals surface area contributed by atoms with E-state index in [9.17, 15) is 9.59 Å². The maximum atomic E-state index is 12.6. The van der Waals surface area contributed by atoms with Crippen molar-refractivity contribution in [1.82, 2.24) is 10.6 Å². The zero-order chi connectivity index (χ0) is 23.1. The molecule has 0 saturated carbocycles. The minimum absolute atomic E-state index is 0.168. The molecule has 1 fully saturated rings. The summed E-state index contributed by atoms with van der Waals surface area (Å²) in [5.41, 5.74) is 0.919. The Morgan fingerprint density at radius 1 is 0.906 bits per heavy atom. The second-order valence-electron chi connectivity index (χ2n) is 7.73. The Kier molecular flexibility index (Phi) is 8.51. The predicted octanol–water partition coefficient (Wildman–Crippen LogP) is 3.69. The van der Waals surface area contributed by atoms with Crippen molar-refractivity contribution in [3.05, 3.63) is 69.7 Å². The largest absolute Gasteiger partial charge is 0.371 e. The molecule has 0 unspecified atom stereocenters. The molecule has 0 bridgehead atoms. The van der Waals surface area contributed by atoms with Crippen molar-refractivity contribution in [3.63, 3.8) is 0 Å². The van der Waals surface area contributed by atoms with E-state index in [4.69, 9.17) is 37.4 Å². The molecule has 1 aliphatic heterocycles. The molecule has 9 heteroatoms. The van der Waals surface area contributed by atoms with Crippen LogP contribution in [0.4, 0.5) is 0 Å². The first-order valence-electron chi connectivity index (χ1n) is 10.2. The summed E-state index contributed by atoms with van der Waals surface area (Å²) in [6, 6.07) is 13.5. The van der Waals surface area contributed by atoms with Crippen molar-refractivity contribution in [2.75, 3.05) is 26.3 Å². The highest BCUT2D eigenvalue weighted by atomic mass is 35.5. The summed E-state index contributed by atoms with van der Waals surface area (Å²) in [4.78, 5) is 25.1. The molecule has 0 aromatic heterocycles. The number of hydrogen-bond donors (Lipinski definition) is 2. The quantitative estimate of drug-likeness (QED) is 0.658. The molecule has 3 rings (SSSR count). The lowest BCUT2D eigenvalue weighted by molar-refractivity contribution is -0.277. The molecule has 2 aromatic rings. The van der Waals surface area contributed by atoms with Crippen LogP contribution in [0.5, 0.6) is 0 Å². The van der Waals surface area contributed by atoms with Crippen LogP contribution in [0.3, 0.4) is 0 Å². The number of carbonyl (C=O) groups excluding carboxylic acids is 2. The summed E-state index contributed by atoms with van der Waals surface area (Å²) in [5, 5.41) is 6.38. The van der Waals surface area contributed by atoms with E-state index in [1.165, 1.54) is 6.07 Å². The average Bonchev–Trinajstić information content (AvgIpc) is 2.77. The smallest absolute Gasteiger partial charge is 0.251 e. The summed E-state index contributed by atoms with van der Waals surface area (Å²) in [5.74, 6) is -1.43. The number of hydrogen-bond acceptors (Lipinski definition) is 5. The number of carbonyl (C=O) groups is 2. The van der Waals surface area contributed by atoms with Crippen LogP contribution < -0.4 is 10.6 Å². The van der Waals surface area contributed by atoms with E-state index in [2.05, 4.69) is 10.6 Å². The fourth-order valence-electron chi connectivity index (χ4n) is 3.25. The van der Waals surface area contributed by atoms with Crippen molar-refractivity contribution >= 4 is 35.0 Å². The standard InChI is InChI=1S/C23H26Cl2N2O5/c1-23(2)31-11-10-30-19(13-26-22(29)16-8-9-17(24)18(25)12-16)20(32-23)14-27-21(28)15-6-4-3-5-7-15/h3-9,12,19-20H,10-11,13-14H2,1-2H3,(H,26,29)(H,27,28)/t19-,20+/m1/s1. The Morgan fingerprint density at radius 3 is 2.25 bits per heavy atom. The predicted molar refractivity (Wildman–Crippen MR) is 122 cm³/mol. The van der Waals surface area contributed by atoms with E-state index in [0.29, 0.717) is 34.4 Å². The molecule has 2 amide bonds. The van der Waals surface area contributed by atoms with Crippen LogP contribution in [-0.2, 0) is 14.2 Å². The topological polar surface area (TPSA) is 85.9 Å². The molecule has 2 atom stereocenters. The SMILES string of the molecule is CC1(C)OCCO[C@H](CNC(=O)c2ccc(Cl)c(Cl)c2)[C@H](CNC(=O)c2ccccc2)O1. The first kappa shape index (κ1) is 24.5. The van der Waals surface area contributed by atoms with Gasteiger partial charge >= 0.3 is 0 Å². The van der Waals surface area contributed by atoms with E-state index in [0.717, 1.165) is 0 Å². The van der Waals surface area contributed by atoms with Crippen molar-refractivity contribution in [2.24, 2.45) is 0 Å². The summed E-state index contributed by atoms with van der Waals surface area (Å²) in [7, 11) is 0. The first-order valence-corrected chi connectivity index (χ1v) is 11.0. The van der Waals surface area contributed by atoms with Gasteiger partial charge in [-0.3, -0.25) is 9.59 Å². The molecule has 2 N–H and O–H groups in total. The average molecular weight is 481 g/mol. The van der Waals surface area contributed by atoms with Gasteiger partial charge in [0.15, 0.2) is 5.79 Å². The van der Waals surface area contributed by atoms with Gasteiger partial charge in [0, 0.05) is 24.2 Å². The molecule has 32 heavy (non-hydrogen) atoms. The first-order chi connectivity index (χ1) is 15.2. The highest BCUT2D eigenvalue weighted by Crippen LogP contribution is 2.23. The molecule has 0 aliphatic carbocycles. The lowest BCUT2D eigenvalue weighted by Crippen LogP contribution is -2.52. The van der Waals surface area contributed by atoms with Crippen LogP contribution in [0.1, 0.15) is 34.6 Å². The molecule has 7 nitrogen and oxygen atoms in total. The summed E-state index contributed by atoms with van der Waals surface area (Å²) in [6.07, 6.45) is -1.08. The Bertz CT molecular complexity index is 939. The third kappa shape index (κ3) is 6.92. The van der Waals surface area contributed by atoms with Crippen LogP contribution in [-0.4, -0.2) is 56.1 Å². The molecule has 0 radical (unpaired) electrons. The third-order valence-electron chi connectivity index (χ3n) is 4.86. The molecule has 1 heterocycles. The molecular weight excluding hydrogens is 455 g/mol. The summed E-state index contributed by atoms with van der Waals surface area (Å²) >= 11 is 11.9. The van der Waals surface area contributed by atoms with E-state index < -0.39 is 18.0 Å². The lowest BCUT2D eigenvalue weighted by atomic mass is 10.1. The minimum atomic E-state index is -0.877. The number of ether oxygens (including phenoxy) is 3. The van der Waals surface area contributed by atoms with Gasteiger partial charge in [-0.1, -0.05) is 41.4 Å². The van der Waals surface area contributed by atoms with E-state index in [-0.39, 0.29) is 24.9 Å². The molecule has 0 spiro atoms. The fourth-order valence-corrected chi connectivity index (χ4v) is 3.55. The second kappa shape index (κ2) is 11.1. The Balaban J connectivity index is 1.67. The Morgan fingerprint density at radius 2 is 1.56 bits per heavy atom. The van der Waals surface area contributed by atoms with Crippen molar-refractivity contribution in [2.45, 2.75) is 31.8 Å². The zero-order valence-corrected chi connectivity index (χ0v) is 19.4. The highest BCUT2D eigenvalue weighted by molar-refractivity contribution is 6.42. The number of nitrogens with one attached hydrogen (secondary N) is 2. The summed E-state index contributed by atoms with van der Waals surface area (Å²) in [6.45, 7) is 4.61. The van der Waals surface area contributed by atoms with Gasteiger partial charge in [0.25, 0.3) is 11.8 Å². The van der Waals surface area contributed by atoms with E-state index in [1.807, 2.05) is 6.07 Å². The van der Waals surface area contributed by atoms with Gasteiger partial charge in [-0.25, -0.2) is 0 Å². The molecular formula is C23H26Cl2N2O5. The maximum Gasteiger partial charge on any atom is 0.251 e. The number of rotatable bonds is 6. The summed E-state index contributed by atoms with van der Waals surface area (Å²) < 4.78 is 17.7. The van der Waals surface area contributed by atoms with Gasteiger partial charge in [0.1, 0.15) is 12.2 Å². The van der Waals surface area contributed by atoms with Gasteiger partial charge in [0.2, 0.25) is 0 Å². The lowest BCUT2D eigenvalue weighted by Gasteiger charge is -2.37. The van der Waals surface area contributed by atoms with Gasteiger partial charge < -0.3 is 24.8 Å². The van der Waals surface area contributed by atoms with Crippen molar-refractivity contribution < 1.29 is 23.8 Å². The maximum absolute atomic E-state index is 12.6. The molecule has 1 saturated heterocycles. The van der Waals surface area contributed by atoms with Crippen LogP contribution in [0.25, 0.3) is 0 Å². The number of halogens is 2. The van der Waals surface area contributed by atoms with Crippen molar-refractivity contribution in [1.29, 1.82) is 0 Å². The fraction of sp³-hybridized carbons (Fsp3) is 0.391. The van der Waals surface area contributed by atoms with Crippen LogP contribution in [0.15, 0.2) is 48.5 Å². The molecule has 172 valence electrons. The van der Waals surface area contributed by atoms with Crippen molar-refractivity contribution in [3.8, 4) is 0 Å². The Labute approximate surface area is 197 Å². The number of benzene rings is 2. The van der Waals surface area contributed by atoms with E-state index >= 15 is 0 Å². The molecule has 2 aromatic carbocycles. The van der Waals surface area contributed by atoms with Gasteiger partial charge in [-0.2, -0.15) is 0 Å². The van der Waals surface area contributed by atoms with Gasteiger partial charge in [0.05, 0.1) is 23.3 Å². The highest BCUT2D eigenvalue weighted by Gasteiger charge is 2.33. The third-order valence-corrected chi connectivity index (χ3v) is 5.60. The van der Waals surface area contributed by atoms with Crippen LogP contribution in [0.2, 0.25) is 10.0 Å². The normalized spacial score (nSPS) is 20.6. The van der Waals surface area contributed by atoms with Crippen LogP contribution >= 0.6 is 23.2 Å².